The van der Waals surface area contributed by atoms with Crippen molar-refractivity contribution in [1.29, 1.82) is 0 Å². The van der Waals surface area contributed by atoms with Crippen molar-refractivity contribution in [3.05, 3.63) is 0 Å². The highest BCUT2D eigenvalue weighted by molar-refractivity contribution is 5.38. The van der Waals surface area contributed by atoms with E-state index in [1.54, 1.807) is 0 Å². The van der Waals surface area contributed by atoms with E-state index >= 15 is 0 Å². The van der Waals surface area contributed by atoms with E-state index in [0.29, 0.717) is 30.9 Å². The Bertz CT molecular complexity index is 361. The number of ether oxygens (including phenoxy) is 1. The minimum Gasteiger partial charge on any atom is -0.467 e. The molecule has 0 aliphatic rings. The second-order valence-corrected chi connectivity index (χ2v) is 3.63. The lowest BCUT2D eigenvalue weighted by Crippen LogP contribution is -2.27. The Hall–Kier alpha value is -1.63. The van der Waals surface area contributed by atoms with E-state index in [4.69, 9.17) is 9.84 Å². The van der Waals surface area contributed by atoms with Crippen molar-refractivity contribution in [3.8, 4) is 6.01 Å². The molecule has 0 amide bonds. The van der Waals surface area contributed by atoms with Crippen LogP contribution in [0.1, 0.15) is 20.3 Å². The van der Waals surface area contributed by atoms with Crippen molar-refractivity contribution < 1.29 is 9.84 Å². The molecular weight excluding hydrogens is 234 g/mol. The van der Waals surface area contributed by atoms with Gasteiger partial charge >= 0.3 is 6.01 Å². The summed E-state index contributed by atoms with van der Waals surface area (Å²) in [5, 5.41) is 11.9. The molecule has 0 aromatic carbocycles. The van der Waals surface area contributed by atoms with Crippen LogP contribution in [0.2, 0.25) is 0 Å². The Morgan fingerprint density at radius 3 is 2.61 bits per heavy atom. The third kappa shape index (κ3) is 3.99. The molecule has 0 unspecified atom stereocenters. The summed E-state index contributed by atoms with van der Waals surface area (Å²) in [6, 6.07) is 0.290. The third-order valence-corrected chi connectivity index (χ3v) is 2.37. The van der Waals surface area contributed by atoms with Crippen molar-refractivity contribution in [2.45, 2.75) is 20.3 Å². The van der Waals surface area contributed by atoms with Crippen molar-refractivity contribution in [2.75, 3.05) is 43.6 Å². The second kappa shape index (κ2) is 7.65. The fourth-order valence-electron chi connectivity index (χ4n) is 1.48. The molecule has 18 heavy (non-hydrogen) atoms. The van der Waals surface area contributed by atoms with Crippen molar-refractivity contribution >= 4 is 11.9 Å². The summed E-state index contributed by atoms with van der Waals surface area (Å²) < 4.78 is 5.06. The van der Waals surface area contributed by atoms with Crippen LogP contribution >= 0.6 is 0 Å². The summed E-state index contributed by atoms with van der Waals surface area (Å²) in [5.74, 6) is 1.07. The Morgan fingerprint density at radius 1 is 1.28 bits per heavy atom. The molecule has 0 bridgehead atoms. The van der Waals surface area contributed by atoms with Gasteiger partial charge in [0.2, 0.25) is 11.9 Å². The van der Waals surface area contributed by atoms with Crippen molar-refractivity contribution in [2.24, 2.45) is 0 Å². The number of rotatable bonds is 8. The maximum Gasteiger partial charge on any atom is 0.322 e. The predicted octanol–water partition coefficient (Wildman–Crippen LogP) is 0.521. The van der Waals surface area contributed by atoms with Gasteiger partial charge in [-0.25, -0.2) is 0 Å². The number of methoxy groups -OCH3 is 1. The largest absolute Gasteiger partial charge is 0.467 e. The van der Waals surface area contributed by atoms with E-state index in [2.05, 4.69) is 20.3 Å². The first kappa shape index (κ1) is 14.4. The molecular formula is C11H21N5O2. The summed E-state index contributed by atoms with van der Waals surface area (Å²) in [6.45, 7) is 6.33. The molecule has 1 rings (SSSR count). The average Bonchev–Trinajstić information content (AvgIpc) is 2.39. The fraction of sp³-hybridized carbons (Fsp3) is 0.727. The van der Waals surface area contributed by atoms with E-state index < -0.39 is 0 Å². The summed E-state index contributed by atoms with van der Waals surface area (Å²) in [4.78, 5) is 14.6. The fourth-order valence-corrected chi connectivity index (χ4v) is 1.48. The smallest absolute Gasteiger partial charge is 0.322 e. The SMILES string of the molecule is CCNc1nc(OC)nc(N(CC)CCCO)n1. The van der Waals surface area contributed by atoms with Crippen LogP contribution in [0.25, 0.3) is 0 Å². The quantitative estimate of drug-likeness (QED) is 0.700. The number of aliphatic hydroxyl groups is 1. The van der Waals surface area contributed by atoms with Gasteiger partial charge in [-0.05, 0) is 20.3 Å². The predicted molar refractivity (Wildman–Crippen MR) is 70.1 cm³/mol. The lowest BCUT2D eigenvalue weighted by atomic mass is 10.4. The summed E-state index contributed by atoms with van der Waals surface area (Å²) in [5.41, 5.74) is 0. The molecule has 102 valence electrons. The van der Waals surface area contributed by atoms with Crippen LogP contribution in [-0.2, 0) is 0 Å². The third-order valence-electron chi connectivity index (χ3n) is 2.37. The van der Waals surface area contributed by atoms with Gasteiger partial charge in [-0.2, -0.15) is 15.0 Å². The van der Waals surface area contributed by atoms with Gasteiger partial charge in [0, 0.05) is 26.2 Å². The number of hydrogen-bond acceptors (Lipinski definition) is 7. The zero-order valence-corrected chi connectivity index (χ0v) is 11.2. The molecule has 0 saturated heterocycles. The standard InChI is InChI=1S/C11H21N5O2/c1-4-12-9-13-10(15-11(14-9)18-3)16(5-2)7-6-8-17/h17H,4-8H2,1-3H3,(H,12,13,14,15). The number of nitrogens with zero attached hydrogens (tertiary/aromatic N) is 4. The molecule has 0 atom stereocenters. The average molecular weight is 255 g/mol. The maximum atomic E-state index is 8.88. The molecule has 0 saturated carbocycles. The molecule has 0 fully saturated rings. The first-order valence-electron chi connectivity index (χ1n) is 6.14. The molecule has 2 N–H and O–H groups in total. The van der Waals surface area contributed by atoms with Gasteiger partial charge in [-0.3, -0.25) is 0 Å². The van der Waals surface area contributed by atoms with Crippen LogP contribution in [0, 0.1) is 0 Å². The van der Waals surface area contributed by atoms with Crippen LogP contribution in [0.5, 0.6) is 6.01 Å². The van der Waals surface area contributed by atoms with Gasteiger partial charge in [-0.1, -0.05) is 0 Å². The first-order chi connectivity index (χ1) is 8.74. The Labute approximate surface area is 107 Å². The van der Waals surface area contributed by atoms with E-state index in [1.165, 1.54) is 7.11 Å². The van der Waals surface area contributed by atoms with Gasteiger partial charge in [0.1, 0.15) is 0 Å². The molecule has 7 heteroatoms. The minimum atomic E-state index is 0.152. The van der Waals surface area contributed by atoms with Crippen molar-refractivity contribution in [1.82, 2.24) is 15.0 Å². The lowest BCUT2D eigenvalue weighted by molar-refractivity contribution is 0.289. The van der Waals surface area contributed by atoms with Gasteiger partial charge in [-0.15, -0.1) is 0 Å². The molecule has 1 heterocycles. The highest BCUT2D eigenvalue weighted by Crippen LogP contribution is 2.14. The Balaban J connectivity index is 2.93. The Kier molecular flexibility index (Phi) is 6.13. The molecule has 1 aromatic rings. The lowest BCUT2D eigenvalue weighted by Gasteiger charge is -2.20. The molecule has 0 aliphatic heterocycles. The number of anilines is 2. The van der Waals surface area contributed by atoms with E-state index in [1.807, 2.05) is 18.7 Å². The summed E-state index contributed by atoms with van der Waals surface area (Å²) in [6.07, 6.45) is 0.679. The highest BCUT2D eigenvalue weighted by atomic mass is 16.5. The molecule has 1 aromatic heterocycles. The van der Waals surface area contributed by atoms with Crippen LogP contribution < -0.4 is 15.0 Å². The highest BCUT2D eigenvalue weighted by Gasteiger charge is 2.12. The molecule has 0 aliphatic carbocycles. The number of aromatic nitrogens is 3. The van der Waals surface area contributed by atoms with Gasteiger partial charge < -0.3 is 20.1 Å². The summed E-state index contributed by atoms with van der Waals surface area (Å²) in [7, 11) is 1.53. The molecule has 0 spiro atoms. The van der Waals surface area contributed by atoms with Gasteiger partial charge in [0.05, 0.1) is 7.11 Å². The zero-order valence-electron chi connectivity index (χ0n) is 11.2. The minimum absolute atomic E-state index is 0.152. The second-order valence-electron chi connectivity index (χ2n) is 3.63. The number of aliphatic hydroxyl groups excluding tert-OH is 1. The molecule has 0 radical (unpaired) electrons. The van der Waals surface area contributed by atoms with Gasteiger partial charge in [0.25, 0.3) is 0 Å². The number of nitrogens with one attached hydrogen (secondary N) is 1. The first-order valence-corrected chi connectivity index (χ1v) is 6.14. The molecule has 7 nitrogen and oxygen atoms in total. The normalized spacial score (nSPS) is 10.2. The number of hydrogen-bond donors (Lipinski definition) is 2. The van der Waals surface area contributed by atoms with Crippen LogP contribution in [0.3, 0.4) is 0 Å². The maximum absolute atomic E-state index is 8.88. The van der Waals surface area contributed by atoms with E-state index in [-0.39, 0.29) is 6.61 Å². The zero-order chi connectivity index (χ0) is 13.4. The topological polar surface area (TPSA) is 83.4 Å². The van der Waals surface area contributed by atoms with Gasteiger partial charge in [0.15, 0.2) is 0 Å². The monoisotopic (exact) mass is 255 g/mol. The van der Waals surface area contributed by atoms with Crippen molar-refractivity contribution in [3.63, 3.8) is 0 Å². The van der Waals surface area contributed by atoms with Crippen LogP contribution in [0.4, 0.5) is 11.9 Å². The Morgan fingerprint density at radius 2 is 2.06 bits per heavy atom. The van der Waals surface area contributed by atoms with Crippen LogP contribution in [0.15, 0.2) is 0 Å². The van der Waals surface area contributed by atoms with E-state index in [0.717, 1.165) is 13.1 Å². The van der Waals surface area contributed by atoms with E-state index in [9.17, 15) is 0 Å². The van der Waals surface area contributed by atoms with Crippen LogP contribution in [-0.4, -0.2) is 53.4 Å². The summed E-state index contributed by atoms with van der Waals surface area (Å²) >= 11 is 0.